The molecule has 172 valence electrons. The summed E-state index contributed by atoms with van der Waals surface area (Å²) in [5, 5.41) is 15.4. The van der Waals surface area contributed by atoms with E-state index in [0.717, 1.165) is 30.8 Å². The fraction of sp³-hybridized carbons (Fsp3) is 0.360. The monoisotopic (exact) mass is 446 g/mol. The van der Waals surface area contributed by atoms with Crippen LogP contribution in [-0.4, -0.2) is 46.0 Å². The van der Waals surface area contributed by atoms with Gasteiger partial charge in [0.1, 0.15) is 6.33 Å². The molecule has 0 atom stereocenters. The molecule has 1 N–H and O–H groups in total. The maximum absolute atomic E-state index is 12.2. The molecule has 0 bridgehead atoms. The van der Waals surface area contributed by atoms with Crippen LogP contribution in [0.5, 0.6) is 0 Å². The summed E-state index contributed by atoms with van der Waals surface area (Å²) in [4.78, 5) is 24.7. The third kappa shape index (κ3) is 6.26. The fourth-order valence-electron chi connectivity index (χ4n) is 4.23. The van der Waals surface area contributed by atoms with Crippen LogP contribution in [0, 0.1) is 10.1 Å². The van der Waals surface area contributed by atoms with Crippen molar-refractivity contribution in [2.45, 2.75) is 32.4 Å². The van der Waals surface area contributed by atoms with E-state index in [0.29, 0.717) is 25.5 Å². The second kappa shape index (κ2) is 11.4. The van der Waals surface area contributed by atoms with Gasteiger partial charge in [-0.2, -0.15) is 0 Å². The minimum Gasteiger partial charge on any atom is -0.363 e. The van der Waals surface area contributed by atoms with Crippen molar-refractivity contribution >= 4 is 17.3 Å². The molecular formula is C25H30N6O2. The van der Waals surface area contributed by atoms with Crippen LogP contribution in [-0.2, 0) is 13.1 Å². The van der Waals surface area contributed by atoms with Crippen molar-refractivity contribution < 1.29 is 4.92 Å². The number of rotatable bonds is 10. The zero-order valence-electron chi connectivity index (χ0n) is 18.8. The molecule has 1 saturated heterocycles. The molecule has 0 spiro atoms. The Bertz CT molecular complexity index is 984. The first-order valence-corrected chi connectivity index (χ1v) is 11.5. The van der Waals surface area contributed by atoms with Gasteiger partial charge in [0.05, 0.1) is 4.92 Å². The van der Waals surface area contributed by atoms with E-state index in [9.17, 15) is 10.1 Å². The predicted octanol–water partition coefficient (Wildman–Crippen LogP) is 4.49. The van der Waals surface area contributed by atoms with Crippen molar-refractivity contribution in [3.63, 3.8) is 0 Å². The fourth-order valence-corrected chi connectivity index (χ4v) is 4.23. The third-order valence-electron chi connectivity index (χ3n) is 5.89. The molecule has 0 amide bonds. The number of benzene rings is 2. The van der Waals surface area contributed by atoms with Crippen LogP contribution in [0.3, 0.4) is 0 Å². The molecule has 3 aromatic rings. The van der Waals surface area contributed by atoms with Gasteiger partial charge in [-0.1, -0.05) is 67.1 Å². The minimum absolute atomic E-state index is 0.0805. The van der Waals surface area contributed by atoms with E-state index < -0.39 is 0 Å². The third-order valence-corrected chi connectivity index (χ3v) is 5.89. The number of hydrogen-bond donors (Lipinski definition) is 1. The number of nitro groups is 1. The smallest absolute Gasteiger partial charge is 0.353 e. The maximum Gasteiger partial charge on any atom is 0.353 e. The van der Waals surface area contributed by atoms with Gasteiger partial charge in [-0.05, 0) is 37.1 Å². The molecule has 0 aliphatic carbocycles. The lowest BCUT2D eigenvalue weighted by Gasteiger charge is -2.26. The van der Waals surface area contributed by atoms with E-state index in [2.05, 4.69) is 20.2 Å². The van der Waals surface area contributed by atoms with Gasteiger partial charge in [-0.15, -0.1) is 0 Å². The first-order chi connectivity index (χ1) is 16.2. The Balaban J connectivity index is 1.59. The van der Waals surface area contributed by atoms with Crippen LogP contribution >= 0.6 is 0 Å². The Kier molecular flexibility index (Phi) is 7.81. The highest BCUT2D eigenvalue weighted by Crippen LogP contribution is 2.33. The van der Waals surface area contributed by atoms with Crippen LogP contribution in [0.15, 0.2) is 67.0 Å². The van der Waals surface area contributed by atoms with Crippen LogP contribution < -0.4 is 10.2 Å². The molecular weight excluding hydrogens is 416 g/mol. The highest BCUT2D eigenvalue weighted by atomic mass is 16.6. The number of piperidine rings is 1. The molecule has 33 heavy (non-hydrogen) atoms. The SMILES string of the molecule is O=[N+]([O-])c1c(NCCN2CCCCC2)ncnc1N(Cc1ccccc1)Cc1ccccc1. The highest BCUT2D eigenvalue weighted by molar-refractivity contribution is 5.70. The summed E-state index contributed by atoms with van der Waals surface area (Å²) in [6, 6.07) is 19.9. The van der Waals surface area contributed by atoms with Gasteiger partial charge >= 0.3 is 5.69 Å². The molecule has 2 heterocycles. The maximum atomic E-state index is 12.2. The summed E-state index contributed by atoms with van der Waals surface area (Å²) in [6.45, 7) is 4.62. The van der Waals surface area contributed by atoms with Gasteiger partial charge in [0.15, 0.2) is 0 Å². The first-order valence-electron chi connectivity index (χ1n) is 11.5. The average molecular weight is 447 g/mol. The lowest BCUT2D eigenvalue weighted by atomic mass is 10.1. The first kappa shape index (κ1) is 22.7. The van der Waals surface area contributed by atoms with Crippen molar-refractivity contribution in [1.29, 1.82) is 0 Å². The summed E-state index contributed by atoms with van der Waals surface area (Å²) in [6.07, 6.45) is 5.12. The number of aromatic nitrogens is 2. The molecule has 4 rings (SSSR count). The quantitative estimate of drug-likeness (QED) is 0.363. The Labute approximate surface area is 194 Å². The second-order valence-electron chi connectivity index (χ2n) is 8.31. The summed E-state index contributed by atoms with van der Waals surface area (Å²) in [5.41, 5.74) is 2.03. The van der Waals surface area contributed by atoms with Crippen LogP contribution in [0.2, 0.25) is 0 Å². The van der Waals surface area contributed by atoms with Gasteiger partial charge < -0.3 is 15.1 Å². The molecule has 0 radical (unpaired) electrons. The summed E-state index contributed by atoms with van der Waals surface area (Å²) < 4.78 is 0. The number of likely N-dealkylation sites (tertiary alicyclic amines) is 1. The van der Waals surface area contributed by atoms with Crippen molar-refractivity contribution in [3.8, 4) is 0 Å². The van der Waals surface area contributed by atoms with Crippen molar-refractivity contribution in [1.82, 2.24) is 14.9 Å². The molecule has 0 unspecified atom stereocenters. The minimum atomic E-state index is -0.373. The van der Waals surface area contributed by atoms with Crippen molar-refractivity contribution in [2.24, 2.45) is 0 Å². The van der Waals surface area contributed by atoms with E-state index in [1.807, 2.05) is 65.6 Å². The Morgan fingerprint density at radius 3 is 2.09 bits per heavy atom. The van der Waals surface area contributed by atoms with Crippen LogP contribution in [0.25, 0.3) is 0 Å². The number of anilines is 2. The summed E-state index contributed by atoms with van der Waals surface area (Å²) in [5.74, 6) is 0.594. The standard InChI is InChI=1S/C25H30N6O2/c32-31(33)23-24(26-14-17-29-15-8-3-9-16-29)27-20-28-25(23)30(18-21-10-4-1-5-11-21)19-22-12-6-2-7-13-22/h1-2,4-7,10-13,20H,3,8-9,14-19H2,(H,26,27,28). The zero-order chi connectivity index (χ0) is 22.9. The normalized spacial score (nSPS) is 14.1. The Morgan fingerprint density at radius 1 is 0.909 bits per heavy atom. The van der Waals surface area contributed by atoms with Gasteiger partial charge in [0, 0.05) is 26.2 Å². The lowest BCUT2D eigenvalue weighted by molar-refractivity contribution is -0.383. The van der Waals surface area contributed by atoms with Crippen LogP contribution in [0.1, 0.15) is 30.4 Å². The molecule has 0 saturated carbocycles. The molecule has 8 heteroatoms. The molecule has 1 aliphatic heterocycles. The lowest BCUT2D eigenvalue weighted by Crippen LogP contribution is -2.34. The number of hydrogen-bond acceptors (Lipinski definition) is 7. The highest BCUT2D eigenvalue weighted by Gasteiger charge is 2.27. The second-order valence-corrected chi connectivity index (χ2v) is 8.31. The molecule has 1 aliphatic rings. The van der Waals surface area contributed by atoms with Crippen molar-refractivity contribution in [3.05, 3.63) is 88.2 Å². The summed E-state index contributed by atoms with van der Waals surface area (Å²) in [7, 11) is 0. The Morgan fingerprint density at radius 2 is 1.52 bits per heavy atom. The largest absolute Gasteiger partial charge is 0.363 e. The molecule has 2 aromatic carbocycles. The van der Waals surface area contributed by atoms with E-state index in [1.54, 1.807) is 0 Å². The van der Waals surface area contributed by atoms with E-state index in [-0.39, 0.29) is 16.4 Å². The van der Waals surface area contributed by atoms with Gasteiger partial charge in [0.25, 0.3) is 0 Å². The Hall–Kier alpha value is -3.52. The predicted molar refractivity (Wildman–Crippen MR) is 130 cm³/mol. The molecule has 8 nitrogen and oxygen atoms in total. The average Bonchev–Trinajstić information content (AvgIpc) is 2.85. The van der Waals surface area contributed by atoms with E-state index in [4.69, 9.17) is 0 Å². The molecule has 1 fully saturated rings. The van der Waals surface area contributed by atoms with Gasteiger partial charge in [-0.3, -0.25) is 10.1 Å². The van der Waals surface area contributed by atoms with Crippen LogP contribution in [0.4, 0.5) is 17.3 Å². The van der Waals surface area contributed by atoms with E-state index >= 15 is 0 Å². The number of nitrogens with one attached hydrogen (secondary N) is 1. The van der Waals surface area contributed by atoms with Gasteiger partial charge in [0.2, 0.25) is 11.6 Å². The number of nitrogens with zero attached hydrogens (tertiary/aromatic N) is 5. The topological polar surface area (TPSA) is 87.4 Å². The van der Waals surface area contributed by atoms with E-state index in [1.165, 1.54) is 25.6 Å². The summed E-state index contributed by atoms with van der Waals surface area (Å²) >= 11 is 0. The van der Waals surface area contributed by atoms with Crippen molar-refractivity contribution in [2.75, 3.05) is 36.4 Å². The molecule has 1 aromatic heterocycles. The zero-order valence-corrected chi connectivity index (χ0v) is 18.8. The van der Waals surface area contributed by atoms with Gasteiger partial charge in [-0.25, -0.2) is 9.97 Å².